The van der Waals surface area contributed by atoms with Gasteiger partial charge < -0.3 is 9.72 Å². The molecule has 1 saturated carbocycles. The van der Waals surface area contributed by atoms with Crippen molar-refractivity contribution in [1.29, 1.82) is 0 Å². The Labute approximate surface area is 187 Å². The van der Waals surface area contributed by atoms with E-state index < -0.39 is 12.1 Å². The fourth-order valence-electron chi connectivity index (χ4n) is 4.34. The quantitative estimate of drug-likeness (QED) is 0.355. The van der Waals surface area contributed by atoms with Gasteiger partial charge in [-0.15, -0.1) is 0 Å². The minimum Gasteiger partial charge on any atom is -0.439 e. The highest BCUT2D eigenvalue weighted by Gasteiger charge is 2.44. The van der Waals surface area contributed by atoms with Gasteiger partial charge in [-0.05, 0) is 67.6 Å². The minimum atomic E-state index is -4.18. The average molecular weight is 451 g/mol. The van der Waals surface area contributed by atoms with Crippen molar-refractivity contribution in [3.8, 4) is 11.6 Å². The van der Waals surface area contributed by atoms with Gasteiger partial charge in [0.1, 0.15) is 5.75 Å². The summed E-state index contributed by atoms with van der Waals surface area (Å²) < 4.78 is 45.2. The molecule has 2 atom stereocenters. The molecule has 2 aromatic carbocycles. The number of carbonyl (C=O) groups excluding carboxylic acids is 1. The third kappa shape index (κ3) is 4.33. The molecular weight excluding hydrogens is 431 g/mol. The second-order valence-electron chi connectivity index (χ2n) is 8.20. The number of alkyl halides is 3. The monoisotopic (exact) mass is 451 g/mol. The first-order valence-electron chi connectivity index (χ1n) is 10.7. The zero-order valence-electron chi connectivity index (χ0n) is 17.5. The Bertz CT molecular complexity index is 1270. The summed E-state index contributed by atoms with van der Waals surface area (Å²) in [5, 5.41) is 0. The molecule has 2 heterocycles. The van der Waals surface area contributed by atoms with Gasteiger partial charge in [-0.1, -0.05) is 18.2 Å². The predicted octanol–water partition coefficient (Wildman–Crippen LogP) is 6.43. The number of fused-ring (bicyclic) bond motifs is 1. The number of rotatable bonds is 5. The largest absolute Gasteiger partial charge is 0.439 e. The average Bonchev–Trinajstić information content (AvgIpc) is 3.47. The Kier molecular flexibility index (Phi) is 5.36. The molecule has 33 heavy (non-hydrogen) atoms. The van der Waals surface area contributed by atoms with Crippen LogP contribution in [0.25, 0.3) is 11.0 Å². The van der Waals surface area contributed by atoms with Gasteiger partial charge in [0.15, 0.2) is 5.82 Å². The molecule has 1 aliphatic rings. The molecule has 1 N–H and O–H groups in total. The van der Waals surface area contributed by atoms with E-state index in [0.717, 1.165) is 5.52 Å². The summed E-state index contributed by atoms with van der Waals surface area (Å²) in [6.45, 7) is 0. The van der Waals surface area contributed by atoms with E-state index in [1.165, 1.54) is 0 Å². The molecule has 0 aliphatic heterocycles. The van der Waals surface area contributed by atoms with Crippen LogP contribution < -0.4 is 4.74 Å². The van der Waals surface area contributed by atoms with Crippen molar-refractivity contribution in [2.75, 3.05) is 0 Å². The number of nitrogens with zero attached hydrogens (tertiary/aromatic N) is 2. The highest BCUT2D eigenvalue weighted by atomic mass is 19.4. The van der Waals surface area contributed by atoms with E-state index in [1.807, 2.05) is 24.3 Å². The van der Waals surface area contributed by atoms with E-state index in [1.54, 1.807) is 42.6 Å². The molecular formula is C25H20F3N3O2. The summed E-state index contributed by atoms with van der Waals surface area (Å²) in [4.78, 5) is 24.4. The summed E-state index contributed by atoms with van der Waals surface area (Å²) in [6.07, 6.45) is -2.04. The van der Waals surface area contributed by atoms with Crippen LogP contribution in [0.2, 0.25) is 0 Å². The van der Waals surface area contributed by atoms with Crippen LogP contribution in [-0.4, -0.2) is 26.9 Å². The van der Waals surface area contributed by atoms with Crippen molar-refractivity contribution in [3.05, 3.63) is 83.8 Å². The van der Waals surface area contributed by atoms with Crippen LogP contribution in [0.15, 0.2) is 66.9 Å². The van der Waals surface area contributed by atoms with Gasteiger partial charge in [-0.3, -0.25) is 4.79 Å². The van der Waals surface area contributed by atoms with Crippen molar-refractivity contribution < 1.29 is 22.7 Å². The molecule has 0 amide bonds. The maximum atomic E-state index is 13.1. The molecule has 0 spiro atoms. The van der Waals surface area contributed by atoms with Crippen molar-refractivity contribution >= 4 is 16.8 Å². The Morgan fingerprint density at radius 3 is 2.52 bits per heavy atom. The number of nitrogens with one attached hydrogen (secondary N) is 1. The standard InChI is InChI=1S/C25H20F3N3O2/c26-25(27,28)17-10-7-16(14-17)19-4-3-13-29-24(19)33-18-11-8-15(9-12-18)22(32)23-30-20-5-1-2-6-21(20)31-23/h1-6,8-9,11-13,16-17H,7,10,14H2,(H,30,31). The number of pyridine rings is 1. The van der Waals surface area contributed by atoms with E-state index in [-0.39, 0.29) is 30.4 Å². The highest BCUT2D eigenvalue weighted by Crippen LogP contribution is 2.47. The Morgan fingerprint density at radius 2 is 1.79 bits per heavy atom. The molecule has 0 saturated heterocycles. The number of benzene rings is 2. The van der Waals surface area contributed by atoms with Crippen LogP contribution in [0.1, 0.15) is 46.9 Å². The number of ether oxygens (including phenoxy) is 1. The third-order valence-electron chi connectivity index (χ3n) is 6.07. The number of carbonyl (C=O) groups is 1. The summed E-state index contributed by atoms with van der Waals surface area (Å²) in [5.74, 6) is -0.811. The number of aromatic amines is 1. The second-order valence-corrected chi connectivity index (χ2v) is 8.20. The summed E-state index contributed by atoms with van der Waals surface area (Å²) in [7, 11) is 0. The fourth-order valence-corrected chi connectivity index (χ4v) is 4.34. The lowest BCUT2D eigenvalue weighted by molar-refractivity contribution is -0.172. The summed E-state index contributed by atoms with van der Waals surface area (Å²) in [5.41, 5.74) is 2.60. The van der Waals surface area contributed by atoms with Gasteiger partial charge in [0, 0.05) is 17.3 Å². The van der Waals surface area contributed by atoms with E-state index in [2.05, 4.69) is 15.0 Å². The van der Waals surface area contributed by atoms with Crippen LogP contribution in [0.3, 0.4) is 0 Å². The lowest BCUT2D eigenvalue weighted by Gasteiger charge is -2.17. The smallest absolute Gasteiger partial charge is 0.391 e. The molecule has 8 heteroatoms. The van der Waals surface area contributed by atoms with E-state index in [9.17, 15) is 18.0 Å². The van der Waals surface area contributed by atoms with Crippen LogP contribution >= 0.6 is 0 Å². The van der Waals surface area contributed by atoms with Crippen molar-refractivity contribution in [2.45, 2.75) is 31.4 Å². The first-order valence-corrected chi connectivity index (χ1v) is 10.7. The summed E-state index contributed by atoms with van der Waals surface area (Å²) in [6, 6.07) is 17.4. The lowest BCUT2D eigenvalue weighted by Crippen LogP contribution is -2.19. The molecule has 168 valence electrons. The molecule has 0 radical (unpaired) electrons. The molecule has 2 unspecified atom stereocenters. The van der Waals surface area contributed by atoms with Crippen LogP contribution in [0.5, 0.6) is 11.6 Å². The Hall–Kier alpha value is -3.68. The Balaban J connectivity index is 1.32. The molecule has 2 aromatic heterocycles. The van der Waals surface area contributed by atoms with E-state index in [4.69, 9.17) is 4.74 Å². The molecule has 0 bridgehead atoms. The molecule has 5 rings (SSSR count). The zero-order chi connectivity index (χ0) is 23.0. The molecule has 1 aliphatic carbocycles. The molecule has 1 fully saturated rings. The number of halogens is 3. The van der Waals surface area contributed by atoms with Crippen LogP contribution in [-0.2, 0) is 0 Å². The van der Waals surface area contributed by atoms with Gasteiger partial charge in [0.05, 0.1) is 17.0 Å². The SMILES string of the molecule is O=C(c1ccc(Oc2ncccc2C2CCC(C(F)(F)F)C2)cc1)c1nc2ccccc2[nH]1. The van der Waals surface area contributed by atoms with E-state index in [0.29, 0.717) is 34.7 Å². The number of H-pyrrole nitrogens is 1. The van der Waals surface area contributed by atoms with Gasteiger partial charge in [-0.25, -0.2) is 9.97 Å². The fraction of sp³-hybridized carbons (Fsp3) is 0.240. The lowest BCUT2D eigenvalue weighted by atomic mass is 9.97. The molecule has 5 nitrogen and oxygen atoms in total. The van der Waals surface area contributed by atoms with Gasteiger partial charge in [0.25, 0.3) is 0 Å². The van der Waals surface area contributed by atoms with Crippen molar-refractivity contribution in [1.82, 2.24) is 15.0 Å². The maximum absolute atomic E-state index is 13.1. The second kappa shape index (κ2) is 8.35. The number of aromatic nitrogens is 3. The number of para-hydroxylation sites is 2. The van der Waals surface area contributed by atoms with Crippen LogP contribution in [0, 0.1) is 5.92 Å². The first-order chi connectivity index (χ1) is 15.9. The normalized spacial score (nSPS) is 18.5. The summed E-state index contributed by atoms with van der Waals surface area (Å²) >= 11 is 0. The zero-order valence-corrected chi connectivity index (χ0v) is 17.5. The maximum Gasteiger partial charge on any atom is 0.391 e. The number of imidazole rings is 1. The number of hydrogen-bond donors (Lipinski definition) is 1. The van der Waals surface area contributed by atoms with Crippen molar-refractivity contribution in [3.63, 3.8) is 0 Å². The third-order valence-corrected chi connectivity index (χ3v) is 6.07. The van der Waals surface area contributed by atoms with Crippen LogP contribution in [0.4, 0.5) is 13.2 Å². The predicted molar refractivity (Wildman–Crippen MR) is 116 cm³/mol. The Morgan fingerprint density at radius 1 is 1.00 bits per heavy atom. The minimum absolute atomic E-state index is 0.0382. The van der Waals surface area contributed by atoms with Gasteiger partial charge in [-0.2, -0.15) is 13.2 Å². The van der Waals surface area contributed by atoms with Gasteiger partial charge in [0.2, 0.25) is 11.7 Å². The van der Waals surface area contributed by atoms with E-state index >= 15 is 0 Å². The topological polar surface area (TPSA) is 67.9 Å². The first kappa shape index (κ1) is 21.2. The number of ketones is 1. The highest BCUT2D eigenvalue weighted by molar-refractivity contribution is 6.08. The number of hydrogen-bond acceptors (Lipinski definition) is 4. The van der Waals surface area contributed by atoms with Crippen molar-refractivity contribution in [2.24, 2.45) is 5.92 Å². The molecule has 4 aromatic rings. The van der Waals surface area contributed by atoms with Gasteiger partial charge >= 0.3 is 6.18 Å².